The molecular formula is C14H13N3O. The van der Waals surface area contributed by atoms with E-state index < -0.39 is 0 Å². The lowest BCUT2D eigenvalue weighted by atomic mass is 10.0. The summed E-state index contributed by atoms with van der Waals surface area (Å²) in [6.45, 7) is 0. The first kappa shape index (κ1) is 10.7. The molecule has 4 heteroatoms. The van der Waals surface area contributed by atoms with Crippen LogP contribution in [0.15, 0.2) is 42.5 Å². The lowest BCUT2D eigenvalue weighted by molar-refractivity contribution is 0.419. The molecule has 0 aliphatic carbocycles. The van der Waals surface area contributed by atoms with Gasteiger partial charge in [-0.1, -0.05) is 30.3 Å². The summed E-state index contributed by atoms with van der Waals surface area (Å²) in [6.07, 6.45) is 0. The molecule has 0 spiro atoms. The first-order chi connectivity index (χ1) is 8.79. The van der Waals surface area contributed by atoms with Crippen LogP contribution in [0.3, 0.4) is 0 Å². The fourth-order valence-corrected chi connectivity index (χ4v) is 2.11. The Morgan fingerprint density at radius 3 is 2.61 bits per heavy atom. The molecule has 0 amide bonds. The molecule has 3 rings (SSSR count). The zero-order valence-corrected chi connectivity index (χ0v) is 9.97. The average Bonchev–Trinajstić information content (AvgIpc) is 2.80. The highest BCUT2D eigenvalue weighted by Gasteiger charge is 2.12. The van der Waals surface area contributed by atoms with Gasteiger partial charge in [0.1, 0.15) is 16.8 Å². The number of imidazole rings is 1. The summed E-state index contributed by atoms with van der Waals surface area (Å²) < 4.78 is 5.30. The summed E-state index contributed by atoms with van der Waals surface area (Å²) in [6, 6.07) is 14.0. The summed E-state index contributed by atoms with van der Waals surface area (Å²) in [7, 11) is 1.63. The van der Waals surface area contributed by atoms with Crippen molar-refractivity contribution >= 4 is 17.0 Å². The highest BCUT2D eigenvalue weighted by Crippen LogP contribution is 2.33. The molecule has 0 saturated carbocycles. The SMILES string of the molecule is COc1ccc(-c2ccccc2)c2nc(N)[nH]c12. The fraction of sp³-hybridized carbons (Fsp3) is 0.0714. The number of methoxy groups -OCH3 is 1. The van der Waals surface area contributed by atoms with E-state index in [1.807, 2.05) is 42.5 Å². The van der Waals surface area contributed by atoms with Gasteiger partial charge in [-0.15, -0.1) is 0 Å². The Labute approximate surface area is 104 Å². The van der Waals surface area contributed by atoms with Crippen LogP contribution < -0.4 is 10.5 Å². The Balaban J connectivity index is 2.31. The Morgan fingerprint density at radius 2 is 1.89 bits per heavy atom. The number of hydrogen-bond donors (Lipinski definition) is 2. The van der Waals surface area contributed by atoms with Crippen molar-refractivity contribution in [1.29, 1.82) is 0 Å². The summed E-state index contributed by atoms with van der Waals surface area (Å²) >= 11 is 0. The minimum Gasteiger partial charge on any atom is -0.494 e. The van der Waals surface area contributed by atoms with Crippen LogP contribution in [0.4, 0.5) is 5.95 Å². The topological polar surface area (TPSA) is 63.9 Å². The van der Waals surface area contributed by atoms with Gasteiger partial charge < -0.3 is 15.5 Å². The number of aromatic amines is 1. The summed E-state index contributed by atoms with van der Waals surface area (Å²) in [5, 5.41) is 0. The van der Waals surface area contributed by atoms with Gasteiger partial charge in [0.15, 0.2) is 5.95 Å². The zero-order valence-electron chi connectivity index (χ0n) is 9.97. The Bertz CT molecular complexity index is 689. The van der Waals surface area contributed by atoms with Gasteiger partial charge in [-0.3, -0.25) is 0 Å². The minimum absolute atomic E-state index is 0.395. The minimum atomic E-state index is 0.395. The first-order valence-corrected chi connectivity index (χ1v) is 5.67. The van der Waals surface area contributed by atoms with Crippen molar-refractivity contribution in [1.82, 2.24) is 9.97 Å². The van der Waals surface area contributed by atoms with Gasteiger partial charge in [-0.25, -0.2) is 4.98 Å². The molecule has 90 valence electrons. The number of aromatic nitrogens is 2. The molecule has 2 aromatic carbocycles. The predicted molar refractivity (Wildman–Crippen MR) is 72.5 cm³/mol. The number of anilines is 1. The van der Waals surface area contributed by atoms with Crippen LogP contribution >= 0.6 is 0 Å². The van der Waals surface area contributed by atoms with Crippen LogP contribution in [0.2, 0.25) is 0 Å². The Morgan fingerprint density at radius 1 is 1.11 bits per heavy atom. The molecule has 1 heterocycles. The first-order valence-electron chi connectivity index (χ1n) is 5.67. The number of H-pyrrole nitrogens is 1. The quantitative estimate of drug-likeness (QED) is 0.722. The van der Waals surface area contributed by atoms with Crippen molar-refractivity contribution < 1.29 is 4.74 Å². The Hall–Kier alpha value is -2.49. The third-order valence-corrected chi connectivity index (χ3v) is 2.93. The van der Waals surface area contributed by atoms with Gasteiger partial charge in [-0.05, 0) is 17.7 Å². The number of ether oxygens (including phenoxy) is 1. The van der Waals surface area contributed by atoms with Gasteiger partial charge in [0, 0.05) is 5.56 Å². The van der Waals surface area contributed by atoms with Crippen molar-refractivity contribution in [3.05, 3.63) is 42.5 Å². The largest absolute Gasteiger partial charge is 0.494 e. The van der Waals surface area contributed by atoms with Crippen LogP contribution in [0.25, 0.3) is 22.2 Å². The van der Waals surface area contributed by atoms with Crippen LogP contribution in [0, 0.1) is 0 Å². The summed E-state index contributed by atoms with van der Waals surface area (Å²) in [4.78, 5) is 7.37. The molecule has 0 aliphatic heterocycles. The molecule has 0 aliphatic rings. The summed E-state index contributed by atoms with van der Waals surface area (Å²) in [5.41, 5.74) is 9.55. The monoisotopic (exact) mass is 239 g/mol. The van der Waals surface area contributed by atoms with E-state index >= 15 is 0 Å². The van der Waals surface area contributed by atoms with Crippen molar-refractivity contribution in [3.63, 3.8) is 0 Å². The summed E-state index contributed by atoms with van der Waals surface area (Å²) in [5.74, 6) is 1.14. The number of nitrogens with one attached hydrogen (secondary N) is 1. The van der Waals surface area contributed by atoms with Crippen LogP contribution in [0.5, 0.6) is 5.75 Å². The molecule has 0 bridgehead atoms. The van der Waals surface area contributed by atoms with E-state index in [9.17, 15) is 0 Å². The molecule has 18 heavy (non-hydrogen) atoms. The van der Waals surface area contributed by atoms with E-state index in [2.05, 4.69) is 9.97 Å². The number of nitrogens with zero attached hydrogens (tertiary/aromatic N) is 1. The molecule has 3 N–H and O–H groups in total. The molecule has 0 saturated heterocycles. The predicted octanol–water partition coefficient (Wildman–Crippen LogP) is 2.82. The van der Waals surface area contributed by atoms with Crippen LogP contribution in [-0.4, -0.2) is 17.1 Å². The molecule has 3 aromatic rings. The molecular weight excluding hydrogens is 226 g/mol. The lowest BCUT2D eigenvalue weighted by Gasteiger charge is -2.05. The maximum Gasteiger partial charge on any atom is 0.198 e. The number of nitrogens with two attached hydrogens (primary N) is 1. The second-order valence-corrected chi connectivity index (χ2v) is 4.03. The van der Waals surface area contributed by atoms with E-state index in [1.165, 1.54) is 0 Å². The van der Waals surface area contributed by atoms with Crippen LogP contribution in [0.1, 0.15) is 0 Å². The smallest absolute Gasteiger partial charge is 0.198 e. The van der Waals surface area contributed by atoms with E-state index in [4.69, 9.17) is 10.5 Å². The van der Waals surface area contributed by atoms with Crippen molar-refractivity contribution in [2.45, 2.75) is 0 Å². The van der Waals surface area contributed by atoms with E-state index in [0.29, 0.717) is 5.95 Å². The molecule has 0 fully saturated rings. The number of nitrogen functional groups attached to an aromatic ring is 1. The second-order valence-electron chi connectivity index (χ2n) is 4.03. The highest BCUT2D eigenvalue weighted by atomic mass is 16.5. The standard InChI is InChI=1S/C14H13N3O/c1-18-11-8-7-10(9-5-3-2-4-6-9)12-13(11)17-14(15)16-12/h2-8H,1H3,(H3,15,16,17). The fourth-order valence-electron chi connectivity index (χ4n) is 2.11. The lowest BCUT2D eigenvalue weighted by Crippen LogP contribution is -1.87. The second kappa shape index (κ2) is 4.07. The van der Waals surface area contributed by atoms with Gasteiger partial charge in [0.25, 0.3) is 0 Å². The van der Waals surface area contributed by atoms with E-state index in [1.54, 1.807) is 7.11 Å². The highest BCUT2D eigenvalue weighted by molar-refractivity contribution is 5.96. The number of benzene rings is 2. The molecule has 0 atom stereocenters. The molecule has 4 nitrogen and oxygen atoms in total. The molecule has 0 unspecified atom stereocenters. The Kier molecular flexibility index (Phi) is 2.41. The number of rotatable bonds is 2. The average molecular weight is 239 g/mol. The van der Waals surface area contributed by atoms with Crippen molar-refractivity contribution in [2.75, 3.05) is 12.8 Å². The van der Waals surface area contributed by atoms with E-state index in [0.717, 1.165) is 27.9 Å². The third-order valence-electron chi connectivity index (χ3n) is 2.93. The normalized spacial score (nSPS) is 10.7. The third kappa shape index (κ3) is 1.59. The van der Waals surface area contributed by atoms with Gasteiger partial charge in [0.05, 0.1) is 7.11 Å². The maximum atomic E-state index is 5.74. The van der Waals surface area contributed by atoms with Gasteiger partial charge >= 0.3 is 0 Å². The van der Waals surface area contributed by atoms with Gasteiger partial charge in [-0.2, -0.15) is 0 Å². The van der Waals surface area contributed by atoms with Crippen LogP contribution in [-0.2, 0) is 0 Å². The van der Waals surface area contributed by atoms with Gasteiger partial charge in [0.2, 0.25) is 0 Å². The van der Waals surface area contributed by atoms with E-state index in [-0.39, 0.29) is 0 Å². The van der Waals surface area contributed by atoms with Crippen molar-refractivity contribution in [3.8, 4) is 16.9 Å². The van der Waals surface area contributed by atoms with Crippen molar-refractivity contribution in [2.24, 2.45) is 0 Å². The number of hydrogen-bond acceptors (Lipinski definition) is 3. The molecule has 1 aromatic heterocycles. The maximum absolute atomic E-state index is 5.74. The number of fused-ring (bicyclic) bond motifs is 1. The zero-order chi connectivity index (χ0) is 12.5. The molecule has 0 radical (unpaired) electrons.